The van der Waals surface area contributed by atoms with E-state index in [1.54, 1.807) is 7.05 Å². The molecule has 0 aromatic carbocycles. The number of hydrazine groups is 2. The second-order valence-electron chi connectivity index (χ2n) is 10.7. The molecule has 0 aromatic rings. The third-order valence-corrected chi connectivity index (χ3v) is 9.53. The Morgan fingerprint density at radius 2 is 2.10 bits per heavy atom. The smallest absolute Gasteiger partial charge is 0.155 e. The Kier molecular flexibility index (Phi) is 4.77. The number of ether oxygens (including phenoxy) is 1. The van der Waals surface area contributed by atoms with Gasteiger partial charge in [0.25, 0.3) is 0 Å². The number of hydrogen-bond donors (Lipinski definition) is 4. The van der Waals surface area contributed by atoms with E-state index in [9.17, 15) is 9.90 Å². The zero-order valence-corrected chi connectivity index (χ0v) is 18.3. The molecule has 1 aliphatic heterocycles. The molecule has 168 valence electrons. The zero-order chi connectivity index (χ0) is 21.5. The summed E-state index contributed by atoms with van der Waals surface area (Å²) in [5.41, 5.74) is 8.15. The van der Waals surface area contributed by atoms with Crippen molar-refractivity contribution in [3.8, 4) is 0 Å². The summed E-state index contributed by atoms with van der Waals surface area (Å²) in [6.07, 6.45) is 6.76. The number of carbonyl (C=O) groups is 1. The molecular weight excluding hydrogens is 382 g/mol. The van der Waals surface area contributed by atoms with Gasteiger partial charge >= 0.3 is 0 Å². The number of aliphatic hydroxyl groups is 1. The van der Waals surface area contributed by atoms with Gasteiger partial charge in [0.1, 0.15) is 0 Å². The lowest BCUT2D eigenvalue weighted by atomic mass is 9.48. The topological polar surface area (TPSA) is 128 Å². The fraction of sp³-hybridized carbons (Fsp3) is 0.864. The van der Waals surface area contributed by atoms with Crippen molar-refractivity contribution in [2.45, 2.75) is 81.8 Å². The van der Waals surface area contributed by atoms with Gasteiger partial charge in [-0.2, -0.15) is 0 Å². The minimum absolute atomic E-state index is 0.209. The van der Waals surface area contributed by atoms with Crippen molar-refractivity contribution < 1.29 is 14.6 Å². The van der Waals surface area contributed by atoms with E-state index in [0.717, 1.165) is 37.7 Å². The summed E-state index contributed by atoms with van der Waals surface area (Å²) in [5, 5.41) is 11.7. The summed E-state index contributed by atoms with van der Waals surface area (Å²) in [7, 11) is 1.78. The van der Waals surface area contributed by atoms with Gasteiger partial charge in [-0.25, -0.2) is 0 Å². The molecule has 8 heteroatoms. The molecule has 0 amide bonds. The molecule has 4 aliphatic carbocycles. The van der Waals surface area contributed by atoms with Crippen molar-refractivity contribution in [2.75, 3.05) is 7.05 Å². The van der Waals surface area contributed by atoms with Gasteiger partial charge in [0.2, 0.25) is 0 Å². The van der Waals surface area contributed by atoms with Crippen LogP contribution >= 0.6 is 0 Å². The molecule has 5 aliphatic rings. The van der Waals surface area contributed by atoms with Crippen molar-refractivity contribution in [3.05, 3.63) is 17.1 Å². The molecule has 6 N–H and O–H groups in total. The summed E-state index contributed by atoms with van der Waals surface area (Å²) >= 11 is 0. The van der Waals surface area contributed by atoms with E-state index in [1.807, 2.05) is 6.08 Å². The summed E-state index contributed by atoms with van der Waals surface area (Å²) in [4.78, 5) is 12.3. The van der Waals surface area contributed by atoms with Crippen LogP contribution in [0, 0.1) is 29.6 Å². The number of carbonyl (C=O) groups excluding carboxylic acids is 1. The highest BCUT2D eigenvalue weighted by molar-refractivity contribution is 5.92. The van der Waals surface area contributed by atoms with Crippen molar-refractivity contribution in [1.82, 2.24) is 10.5 Å². The molecule has 30 heavy (non-hydrogen) atoms. The van der Waals surface area contributed by atoms with Crippen LogP contribution in [0.1, 0.15) is 58.8 Å². The molecule has 4 fully saturated rings. The Morgan fingerprint density at radius 3 is 2.80 bits per heavy atom. The minimum atomic E-state index is -0.709. The van der Waals surface area contributed by atoms with Crippen molar-refractivity contribution in [1.29, 1.82) is 0 Å². The molecule has 1 saturated heterocycles. The van der Waals surface area contributed by atoms with Gasteiger partial charge in [0, 0.05) is 12.8 Å². The standard InChI is InChI=1S/C22H36N5O3/c1-12-8-14-9-15(28)4-6-21(14,26-27(3)24)16-5-7-22(25-23)17(19(12)16)10-13-11-18(29)30-20(13,22)2/h9,12-13,16-19,25,29H,4-8,10-11,23-24H2,1-3H3/q-1. The molecule has 9 atom stereocenters. The molecule has 3 saturated carbocycles. The van der Waals surface area contributed by atoms with Crippen LogP contribution in [0.3, 0.4) is 0 Å². The molecule has 0 bridgehead atoms. The Bertz CT molecular complexity index is 774. The molecule has 9 unspecified atom stereocenters. The van der Waals surface area contributed by atoms with E-state index in [4.69, 9.17) is 21.8 Å². The predicted molar refractivity (Wildman–Crippen MR) is 112 cm³/mol. The first-order chi connectivity index (χ1) is 14.2. The highest BCUT2D eigenvalue weighted by atomic mass is 16.6. The van der Waals surface area contributed by atoms with Crippen LogP contribution in [-0.2, 0) is 9.53 Å². The Labute approximate surface area is 178 Å². The van der Waals surface area contributed by atoms with E-state index >= 15 is 0 Å². The monoisotopic (exact) mass is 418 g/mol. The maximum absolute atomic E-state index is 12.3. The van der Waals surface area contributed by atoms with Crippen molar-refractivity contribution in [2.24, 2.45) is 41.3 Å². The lowest BCUT2D eigenvalue weighted by Crippen LogP contribution is -2.71. The minimum Gasteiger partial charge on any atom is -0.571 e. The predicted octanol–water partition coefficient (Wildman–Crippen LogP) is 1.51. The molecule has 0 spiro atoms. The van der Waals surface area contributed by atoms with E-state index in [2.05, 4.69) is 19.3 Å². The lowest BCUT2D eigenvalue weighted by Gasteiger charge is -2.68. The third-order valence-electron chi connectivity index (χ3n) is 9.53. The summed E-state index contributed by atoms with van der Waals surface area (Å²) in [6.45, 7) is 4.45. The fourth-order valence-electron chi connectivity index (χ4n) is 8.49. The Morgan fingerprint density at radius 1 is 1.33 bits per heavy atom. The SMILES string of the molecule is CC1CC2=CC(=O)CCC2([N-]N(C)N)C2CCC3(NN)C(CC4CC(O)OC43C)C12. The highest BCUT2D eigenvalue weighted by Gasteiger charge is 2.71. The number of nitrogens with two attached hydrogens (primary N) is 2. The number of fused-ring (bicyclic) bond motifs is 7. The van der Waals surface area contributed by atoms with Crippen LogP contribution in [-0.4, -0.2) is 46.0 Å². The summed E-state index contributed by atoms with van der Waals surface area (Å²) in [5.74, 6) is 14.3. The average molecular weight is 419 g/mol. The average Bonchev–Trinajstić information content (AvgIpc) is 3.09. The molecular formula is C22H36N5O3-. The maximum atomic E-state index is 12.3. The van der Waals surface area contributed by atoms with Crippen LogP contribution in [0.4, 0.5) is 0 Å². The first-order valence-electron chi connectivity index (χ1n) is 11.5. The lowest BCUT2D eigenvalue weighted by molar-refractivity contribution is -0.182. The van der Waals surface area contributed by atoms with Crippen LogP contribution in [0.5, 0.6) is 0 Å². The molecule has 5 rings (SSSR count). The van der Waals surface area contributed by atoms with E-state index in [0.29, 0.717) is 36.5 Å². The van der Waals surface area contributed by atoms with Gasteiger partial charge in [-0.3, -0.25) is 21.9 Å². The second kappa shape index (κ2) is 6.81. The van der Waals surface area contributed by atoms with Crippen LogP contribution in [0.15, 0.2) is 11.6 Å². The molecule has 8 nitrogen and oxygen atoms in total. The third kappa shape index (κ3) is 2.56. The van der Waals surface area contributed by atoms with Crippen molar-refractivity contribution >= 4 is 5.78 Å². The first kappa shape index (κ1) is 21.0. The fourth-order valence-corrected chi connectivity index (χ4v) is 8.49. The van der Waals surface area contributed by atoms with Crippen LogP contribution < -0.4 is 17.1 Å². The van der Waals surface area contributed by atoms with Crippen LogP contribution in [0.25, 0.3) is 5.43 Å². The number of aliphatic hydroxyl groups excluding tert-OH is 1. The number of ketones is 1. The van der Waals surface area contributed by atoms with Gasteiger partial charge in [-0.15, -0.1) is 0 Å². The van der Waals surface area contributed by atoms with Gasteiger partial charge in [0.15, 0.2) is 12.1 Å². The number of hydrogen-bond acceptors (Lipinski definition) is 7. The highest BCUT2D eigenvalue weighted by Crippen LogP contribution is 2.68. The van der Waals surface area contributed by atoms with Gasteiger partial charge in [0.05, 0.1) is 11.1 Å². The number of rotatable bonds is 3. The summed E-state index contributed by atoms with van der Waals surface area (Å²) in [6, 6.07) is 0. The molecule has 0 radical (unpaired) electrons. The molecule has 0 aromatic heterocycles. The first-order valence-corrected chi connectivity index (χ1v) is 11.5. The second-order valence-corrected chi connectivity index (χ2v) is 10.7. The maximum Gasteiger partial charge on any atom is 0.155 e. The number of nitrogens with one attached hydrogen (secondary N) is 1. The normalized spacial score (nSPS) is 52.5. The van der Waals surface area contributed by atoms with Gasteiger partial charge in [-0.1, -0.05) is 24.5 Å². The Balaban J connectivity index is 1.58. The van der Waals surface area contributed by atoms with Gasteiger partial charge in [-0.05, 0) is 75.3 Å². The van der Waals surface area contributed by atoms with Crippen LogP contribution in [0.2, 0.25) is 0 Å². The zero-order valence-electron chi connectivity index (χ0n) is 18.3. The number of nitrogens with zero attached hydrogens (tertiary/aromatic N) is 2. The van der Waals surface area contributed by atoms with E-state index in [-0.39, 0.29) is 17.2 Å². The molecule has 1 heterocycles. The largest absolute Gasteiger partial charge is 0.571 e. The Hall–Kier alpha value is -0.870. The summed E-state index contributed by atoms with van der Waals surface area (Å²) < 4.78 is 6.17. The van der Waals surface area contributed by atoms with E-state index in [1.165, 1.54) is 5.12 Å². The van der Waals surface area contributed by atoms with Crippen molar-refractivity contribution in [3.63, 3.8) is 0 Å². The quantitative estimate of drug-likeness (QED) is 0.404. The van der Waals surface area contributed by atoms with E-state index < -0.39 is 17.4 Å². The van der Waals surface area contributed by atoms with Gasteiger partial charge < -0.3 is 20.4 Å².